The fourth-order valence-corrected chi connectivity index (χ4v) is 3.34. The van der Waals surface area contributed by atoms with Crippen LogP contribution in [0.4, 0.5) is 0 Å². The predicted molar refractivity (Wildman–Crippen MR) is 81.2 cm³/mol. The molecule has 2 atom stereocenters. The molecule has 3 aliphatic rings. The Balaban J connectivity index is 1.40. The minimum atomic E-state index is -0.478. The summed E-state index contributed by atoms with van der Waals surface area (Å²) < 4.78 is -0.478. The number of carbonyl (C=O) groups excluding carboxylic acids is 1. The summed E-state index contributed by atoms with van der Waals surface area (Å²) in [5.41, 5.74) is 0. The van der Waals surface area contributed by atoms with Gasteiger partial charge in [0.1, 0.15) is 4.33 Å². The van der Waals surface area contributed by atoms with Gasteiger partial charge >= 0.3 is 0 Å². The highest BCUT2D eigenvalue weighted by Gasteiger charge is 2.52. The molecule has 3 rings (SSSR count). The van der Waals surface area contributed by atoms with Gasteiger partial charge in [-0.05, 0) is 26.2 Å². The molecule has 4 nitrogen and oxygen atoms in total. The average Bonchev–Trinajstić information content (AvgIpc) is 3.30. The summed E-state index contributed by atoms with van der Waals surface area (Å²) in [5, 5.41) is 3.09. The van der Waals surface area contributed by atoms with Gasteiger partial charge in [0, 0.05) is 44.7 Å². The molecule has 1 aliphatic heterocycles. The Morgan fingerprint density at radius 1 is 1.30 bits per heavy atom. The molecule has 2 aliphatic carbocycles. The molecule has 1 saturated heterocycles. The molecule has 0 aromatic heterocycles. The Bertz CT molecular complexity index is 379. The van der Waals surface area contributed by atoms with Gasteiger partial charge in [0.15, 0.2) is 0 Å². The summed E-state index contributed by atoms with van der Waals surface area (Å²) in [6.07, 6.45) is 3.20. The fourth-order valence-electron chi connectivity index (χ4n) is 2.83. The van der Waals surface area contributed by atoms with Crippen LogP contribution in [0.15, 0.2) is 0 Å². The summed E-state index contributed by atoms with van der Waals surface area (Å²) in [6.45, 7) is 6.90. The molecule has 0 aromatic rings. The van der Waals surface area contributed by atoms with E-state index in [-0.39, 0.29) is 11.9 Å². The maximum atomic E-state index is 12.0. The first kappa shape index (κ1) is 14.9. The molecule has 3 fully saturated rings. The predicted octanol–water partition coefficient (Wildman–Crippen LogP) is 1.46. The quantitative estimate of drug-likeness (QED) is 0.779. The molecule has 2 saturated carbocycles. The SMILES string of the molecule is C[C@@H](C(=O)NC1CC1)N1CCN(C[C@H]2CC2(Cl)Cl)CC1. The van der Waals surface area contributed by atoms with Gasteiger partial charge < -0.3 is 10.2 Å². The van der Waals surface area contributed by atoms with Crippen LogP contribution < -0.4 is 5.32 Å². The van der Waals surface area contributed by atoms with Gasteiger partial charge in [-0.1, -0.05) is 0 Å². The molecule has 1 amide bonds. The minimum Gasteiger partial charge on any atom is -0.352 e. The number of hydrogen-bond donors (Lipinski definition) is 1. The smallest absolute Gasteiger partial charge is 0.237 e. The fraction of sp³-hybridized carbons (Fsp3) is 0.929. The van der Waals surface area contributed by atoms with Crippen molar-refractivity contribution in [3.05, 3.63) is 0 Å². The lowest BCUT2D eigenvalue weighted by molar-refractivity contribution is -0.126. The lowest BCUT2D eigenvalue weighted by Gasteiger charge is -2.37. The van der Waals surface area contributed by atoms with Crippen LogP contribution in [-0.2, 0) is 4.79 Å². The average molecular weight is 320 g/mol. The van der Waals surface area contributed by atoms with Gasteiger partial charge in [0.25, 0.3) is 0 Å². The summed E-state index contributed by atoms with van der Waals surface area (Å²) in [6, 6.07) is 0.431. The topological polar surface area (TPSA) is 35.6 Å². The summed E-state index contributed by atoms with van der Waals surface area (Å²) in [4.78, 5) is 16.7. The number of amides is 1. The van der Waals surface area contributed by atoms with Crippen molar-refractivity contribution in [2.75, 3.05) is 32.7 Å². The van der Waals surface area contributed by atoms with Gasteiger partial charge in [-0.3, -0.25) is 9.69 Å². The number of rotatable bonds is 5. The van der Waals surface area contributed by atoms with Crippen LogP contribution >= 0.6 is 23.2 Å². The van der Waals surface area contributed by atoms with Crippen LogP contribution in [0.1, 0.15) is 26.2 Å². The third kappa shape index (κ3) is 3.59. The number of hydrogen-bond acceptors (Lipinski definition) is 3. The number of alkyl halides is 2. The Labute approximate surface area is 130 Å². The molecule has 0 aromatic carbocycles. The van der Waals surface area contributed by atoms with E-state index >= 15 is 0 Å². The minimum absolute atomic E-state index is 0.0150. The molecule has 0 unspecified atom stereocenters. The highest BCUT2D eigenvalue weighted by Crippen LogP contribution is 2.53. The Morgan fingerprint density at radius 2 is 1.90 bits per heavy atom. The maximum Gasteiger partial charge on any atom is 0.237 e. The molecule has 20 heavy (non-hydrogen) atoms. The number of halogens is 2. The van der Waals surface area contributed by atoms with Gasteiger partial charge in [0.05, 0.1) is 6.04 Å². The van der Waals surface area contributed by atoms with Crippen LogP contribution in [0.5, 0.6) is 0 Å². The second-order valence-corrected chi connectivity index (χ2v) is 8.00. The highest BCUT2D eigenvalue weighted by molar-refractivity contribution is 6.50. The monoisotopic (exact) mass is 319 g/mol. The molecule has 6 heteroatoms. The third-order valence-electron chi connectivity index (χ3n) is 4.69. The van der Waals surface area contributed by atoms with Gasteiger partial charge in [-0.15, -0.1) is 23.2 Å². The Hall–Kier alpha value is -0.0300. The molecule has 0 spiro atoms. The van der Waals surface area contributed by atoms with E-state index in [0.29, 0.717) is 12.0 Å². The van der Waals surface area contributed by atoms with Crippen LogP contribution in [0.25, 0.3) is 0 Å². The summed E-state index contributed by atoms with van der Waals surface area (Å²) in [5.74, 6) is 0.608. The van der Waals surface area contributed by atoms with E-state index in [0.717, 1.165) is 52.0 Å². The van der Waals surface area contributed by atoms with Crippen LogP contribution in [0, 0.1) is 5.92 Å². The number of nitrogens with one attached hydrogen (secondary N) is 1. The second kappa shape index (κ2) is 5.64. The van der Waals surface area contributed by atoms with Crippen molar-refractivity contribution in [1.29, 1.82) is 0 Å². The highest BCUT2D eigenvalue weighted by atomic mass is 35.5. The first-order chi connectivity index (χ1) is 9.45. The van der Waals surface area contributed by atoms with Crippen molar-refractivity contribution in [3.8, 4) is 0 Å². The third-order valence-corrected chi connectivity index (χ3v) is 5.62. The van der Waals surface area contributed by atoms with Crippen LogP contribution in [0.2, 0.25) is 0 Å². The summed E-state index contributed by atoms with van der Waals surface area (Å²) >= 11 is 12.2. The lowest BCUT2D eigenvalue weighted by Crippen LogP contribution is -2.54. The second-order valence-electron chi connectivity index (χ2n) is 6.46. The van der Waals surface area contributed by atoms with E-state index in [1.807, 2.05) is 6.92 Å². The zero-order chi connectivity index (χ0) is 14.3. The van der Waals surface area contributed by atoms with Crippen LogP contribution in [0.3, 0.4) is 0 Å². The molecule has 0 radical (unpaired) electrons. The van der Waals surface area contributed by atoms with Crippen molar-refractivity contribution in [2.24, 2.45) is 5.92 Å². The molecule has 1 heterocycles. The van der Waals surface area contributed by atoms with Gasteiger partial charge in [-0.25, -0.2) is 0 Å². The van der Waals surface area contributed by atoms with Crippen molar-refractivity contribution in [2.45, 2.75) is 42.6 Å². The Kier molecular flexibility index (Phi) is 4.20. The lowest BCUT2D eigenvalue weighted by atomic mass is 10.2. The first-order valence-corrected chi connectivity index (χ1v) is 8.36. The largest absolute Gasteiger partial charge is 0.352 e. The number of nitrogens with zero attached hydrogens (tertiary/aromatic N) is 2. The number of carbonyl (C=O) groups is 1. The zero-order valence-corrected chi connectivity index (χ0v) is 13.5. The Morgan fingerprint density at radius 3 is 2.40 bits per heavy atom. The molecule has 114 valence electrons. The first-order valence-electron chi connectivity index (χ1n) is 7.60. The summed E-state index contributed by atoms with van der Waals surface area (Å²) in [7, 11) is 0. The van der Waals surface area contributed by atoms with Gasteiger partial charge in [-0.2, -0.15) is 0 Å². The van der Waals surface area contributed by atoms with E-state index in [9.17, 15) is 4.79 Å². The molecular weight excluding hydrogens is 297 g/mol. The van der Waals surface area contributed by atoms with Crippen molar-refractivity contribution in [1.82, 2.24) is 15.1 Å². The van der Waals surface area contributed by atoms with Crippen molar-refractivity contribution < 1.29 is 4.79 Å². The van der Waals surface area contributed by atoms with E-state index in [2.05, 4.69) is 15.1 Å². The van der Waals surface area contributed by atoms with E-state index in [1.165, 1.54) is 0 Å². The molecule has 1 N–H and O–H groups in total. The standard InChI is InChI=1S/C14H23Cl2N3O/c1-10(13(20)17-12-2-3-12)19-6-4-18(5-7-19)9-11-8-14(11,15)16/h10-12H,2-9H2,1H3,(H,17,20)/t10-,11+/m0/s1. The van der Waals surface area contributed by atoms with Gasteiger partial charge in [0.2, 0.25) is 5.91 Å². The maximum absolute atomic E-state index is 12.0. The van der Waals surface area contributed by atoms with Crippen LogP contribution in [-0.4, -0.2) is 64.8 Å². The van der Waals surface area contributed by atoms with Crippen molar-refractivity contribution >= 4 is 29.1 Å². The number of piperazine rings is 1. The molecule has 0 bridgehead atoms. The zero-order valence-electron chi connectivity index (χ0n) is 11.9. The van der Waals surface area contributed by atoms with E-state index in [4.69, 9.17) is 23.2 Å². The molecular formula is C14H23Cl2N3O. The van der Waals surface area contributed by atoms with E-state index in [1.54, 1.807) is 0 Å². The normalized spacial score (nSPS) is 31.9. The van der Waals surface area contributed by atoms with E-state index < -0.39 is 4.33 Å². The van der Waals surface area contributed by atoms with Crippen molar-refractivity contribution in [3.63, 3.8) is 0 Å².